The van der Waals surface area contributed by atoms with Crippen LogP contribution in [0.3, 0.4) is 0 Å². The number of hydrogen-bond donors (Lipinski definition) is 6. The van der Waals surface area contributed by atoms with Gasteiger partial charge in [-0.1, -0.05) is 0 Å². The van der Waals surface area contributed by atoms with Crippen molar-refractivity contribution in [3.05, 3.63) is 0 Å². The van der Waals surface area contributed by atoms with Crippen LogP contribution in [0.5, 0.6) is 0 Å². The smallest absolute Gasteiger partial charge is 0.322 e. The zero-order chi connectivity index (χ0) is 17.3. The fraction of sp³-hybridized carbons (Fsp3) is 0.545. The molecule has 0 saturated carbocycles. The number of nitrogens with two attached hydrogens (primary N) is 2. The summed E-state index contributed by atoms with van der Waals surface area (Å²) in [6, 6.07) is -2.35. The summed E-state index contributed by atoms with van der Waals surface area (Å²) in [5, 5.41) is 14.9. The maximum Gasteiger partial charge on any atom is 0.322 e. The van der Waals surface area contributed by atoms with Crippen molar-refractivity contribution in [1.29, 1.82) is 0 Å². The van der Waals surface area contributed by atoms with Crippen LogP contribution in [0.4, 0.5) is 0 Å². The van der Waals surface area contributed by atoms with E-state index in [0.29, 0.717) is 0 Å². The second-order valence-electron chi connectivity index (χ2n) is 4.34. The Balaban J connectivity index is 4.72. The van der Waals surface area contributed by atoms with Gasteiger partial charge < -0.3 is 32.5 Å². The lowest BCUT2D eigenvalue weighted by molar-refractivity contribution is -0.138. The van der Waals surface area contributed by atoms with Crippen LogP contribution in [0.1, 0.15) is 13.3 Å². The zero-order valence-corrected chi connectivity index (χ0v) is 11.9. The molecule has 0 aliphatic heterocycles. The molecule has 0 heterocycles. The summed E-state index contributed by atoms with van der Waals surface area (Å²) in [6.45, 7) is 0.351. The molecule has 0 aliphatic carbocycles. The van der Waals surface area contributed by atoms with Crippen molar-refractivity contribution in [3.8, 4) is 0 Å². The SMILES string of the molecule is CC(NC(=O)CN)C(=O)NC(CC(N)=O)C(=O)NCC(=O)O. The predicted molar refractivity (Wildman–Crippen MR) is 73.0 cm³/mol. The van der Waals surface area contributed by atoms with Gasteiger partial charge in [0.25, 0.3) is 0 Å². The molecule has 2 atom stereocenters. The first-order valence-electron chi connectivity index (χ1n) is 6.25. The fourth-order valence-electron chi connectivity index (χ4n) is 1.36. The molecular weight excluding hydrogens is 298 g/mol. The van der Waals surface area contributed by atoms with Crippen LogP contribution in [0, 0.1) is 0 Å². The van der Waals surface area contributed by atoms with Gasteiger partial charge in [0.2, 0.25) is 23.6 Å². The van der Waals surface area contributed by atoms with Gasteiger partial charge in [-0.15, -0.1) is 0 Å². The third kappa shape index (κ3) is 7.79. The molecule has 4 amide bonds. The third-order valence-corrected chi connectivity index (χ3v) is 2.41. The van der Waals surface area contributed by atoms with Crippen LogP contribution in [0.25, 0.3) is 0 Å². The first-order valence-corrected chi connectivity index (χ1v) is 6.25. The molecule has 8 N–H and O–H groups in total. The molecule has 0 radical (unpaired) electrons. The van der Waals surface area contributed by atoms with Crippen molar-refractivity contribution in [2.45, 2.75) is 25.4 Å². The Labute approximate surface area is 125 Å². The normalized spacial score (nSPS) is 12.6. The predicted octanol–water partition coefficient (Wildman–Crippen LogP) is -3.99. The number of carbonyl (C=O) groups is 5. The molecule has 0 aromatic carbocycles. The van der Waals surface area contributed by atoms with Gasteiger partial charge in [0.15, 0.2) is 0 Å². The minimum absolute atomic E-state index is 0.318. The molecular formula is C11H19N5O6. The molecule has 0 fully saturated rings. The zero-order valence-electron chi connectivity index (χ0n) is 11.9. The van der Waals surface area contributed by atoms with E-state index in [1.807, 2.05) is 5.32 Å². The van der Waals surface area contributed by atoms with Crippen LogP contribution >= 0.6 is 0 Å². The highest BCUT2D eigenvalue weighted by molar-refractivity contribution is 5.95. The van der Waals surface area contributed by atoms with Crippen molar-refractivity contribution in [3.63, 3.8) is 0 Å². The summed E-state index contributed by atoms with van der Waals surface area (Å²) in [6.07, 6.45) is -0.519. The number of rotatable bonds is 9. The van der Waals surface area contributed by atoms with E-state index in [-0.39, 0.29) is 6.54 Å². The van der Waals surface area contributed by atoms with E-state index >= 15 is 0 Å². The molecule has 22 heavy (non-hydrogen) atoms. The molecule has 0 aliphatic rings. The average molecular weight is 317 g/mol. The van der Waals surface area contributed by atoms with E-state index in [4.69, 9.17) is 16.6 Å². The fourth-order valence-corrected chi connectivity index (χ4v) is 1.36. The summed E-state index contributed by atoms with van der Waals surface area (Å²) in [4.78, 5) is 55.9. The highest BCUT2D eigenvalue weighted by Crippen LogP contribution is 1.94. The number of amides is 4. The van der Waals surface area contributed by atoms with Crippen molar-refractivity contribution in [2.75, 3.05) is 13.1 Å². The van der Waals surface area contributed by atoms with Gasteiger partial charge in [0.05, 0.1) is 13.0 Å². The minimum Gasteiger partial charge on any atom is -0.480 e. The maximum atomic E-state index is 11.8. The highest BCUT2D eigenvalue weighted by Gasteiger charge is 2.25. The number of hydrogen-bond acceptors (Lipinski definition) is 6. The number of carbonyl (C=O) groups excluding carboxylic acids is 4. The van der Waals surface area contributed by atoms with Crippen molar-refractivity contribution < 1.29 is 29.1 Å². The van der Waals surface area contributed by atoms with Gasteiger partial charge in [-0.25, -0.2) is 0 Å². The summed E-state index contributed by atoms with van der Waals surface area (Å²) < 4.78 is 0. The molecule has 0 saturated heterocycles. The minimum atomic E-state index is -1.35. The Morgan fingerprint density at radius 1 is 1.09 bits per heavy atom. The third-order valence-electron chi connectivity index (χ3n) is 2.41. The van der Waals surface area contributed by atoms with Gasteiger partial charge in [-0.05, 0) is 6.92 Å². The second kappa shape index (κ2) is 9.28. The highest BCUT2D eigenvalue weighted by atomic mass is 16.4. The molecule has 0 spiro atoms. The Morgan fingerprint density at radius 2 is 1.68 bits per heavy atom. The summed E-state index contributed by atoms with van der Waals surface area (Å²) in [7, 11) is 0. The number of carboxylic acids is 1. The lowest BCUT2D eigenvalue weighted by atomic mass is 10.1. The van der Waals surface area contributed by atoms with E-state index in [2.05, 4.69) is 10.6 Å². The molecule has 11 heteroatoms. The summed E-state index contributed by atoms with van der Waals surface area (Å²) in [5.74, 6) is -4.37. The van der Waals surface area contributed by atoms with Gasteiger partial charge >= 0.3 is 5.97 Å². The number of carboxylic acid groups (broad SMARTS) is 1. The van der Waals surface area contributed by atoms with Crippen LogP contribution in [-0.2, 0) is 24.0 Å². The van der Waals surface area contributed by atoms with Crippen molar-refractivity contribution >= 4 is 29.6 Å². The van der Waals surface area contributed by atoms with E-state index < -0.39 is 54.6 Å². The monoisotopic (exact) mass is 317 g/mol. The molecule has 2 unspecified atom stereocenters. The Morgan fingerprint density at radius 3 is 2.14 bits per heavy atom. The largest absolute Gasteiger partial charge is 0.480 e. The number of primary amides is 1. The lowest BCUT2D eigenvalue weighted by Gasteiger charge is -2.19. The van der Waals surface area contributed by atoms with Crippen LogP contribution < -0.4 is 27.4 Å². The quantitative estimate of drug-likeness (QED) is 0.249. The van der Waals surface area contributed by atoms with Gasteiger partial charge in [0.1, 0.15) is 18.6 Å². The molecule has 0 bridgehead atoms. The molecule has 0 rings (SSSR count). The van der Waals surface area contributed by atoms with Gasteiger partial charge in [-0.2, -0.15) is 0 Å². The van der Waals surface area contributed by atoms with Gasteiger partial charge in [-0.3, -0.25) is 24.0 Å². The molecule has 11 nitrogen and oxygen atoms in total. The first kappa shape index (κ1) is 19.3. The van der Waals surface area contributed by atoms with E-state index in [0.717, 1.165) is 0 Å². The summed E-state index contributed by atoms with van der Waals surface area (Å²) in [5.41, 5.74) is 10.0. The van der Waals surface area contributed by atoms with E-state index in [9.17, 15) is 24.0 Å². The Hall–Kier alpha value is -2.69. The second-order valence-corrected chi connectivity index (χ2v) is 4.34. The number of aliphatic carboxylic acids is 1. The topological polar surface area (TPSA) is 194 Å². The standard InChI is InChI=1S/C11H19N5O6/c1-5(15-8(18)3-12)10(21)16-6(2-7(13)17)11(22)14-4-9(19)20/h5-6H,2-4,12H2,1H3,(H2,13,17)(H,14,22)(H,15,18)(H,16,21)(H,19,20). The average Bonchev–Trinajstić information content (AvgIpc) is 2.42. The van der Waals surface area contributed by atoms with Crippen LogP contribution in [0.2, 0.25) is 0 Å². The van der Waals surface area contributed by atoms with Gasteiger partial charge in [0, 0.05) is 0 Å². The Kier molecular flexibility index (Phi) is 8.15. The lowest BCUT2D eigenvalue weighted by Crippen LogP contribution is -2.54. The van der Waals surface area contributed by atoms with E-state index in [1.165, 1.54) is 6.92 Å². The van der Waals surface area contributed by atoms with E-state index in [1.54, 1.807) is 0 Å². The van der Waals surface area contributed by atoms with Crippen LogP contribution in [0.15, 0.2) is 0 Å². The van der Waals surface area contributed by atoms with Crippen molar-refractivity contribution in [2.24, 2.45) is 11.5 Å². The Bertz CT molecular complexity index is 466. The molecule has 0 aromatic heterocycles. The maximum absolute atomic E-state index is 11.8. The number of nitrogens with one attached hydrogen (secondary N) is 3. The molecule has 124 valence electrons. The van der Waals surface area contributed by atoms with Crippen LogP contribution in [-0.4, -0.2) is 59.9 Å². The first-order chi connectivity index (χ1) is 10.2. The van der Waals surface area contributed by atoms with Crippen molar-refractivity contribution in [1.82, 2.24) is 16.0 Å². The molecule has 0 aromatic rings. The summed E-state index contributed by atoms with van der Waals surface area (Å²) >= 11 is 0.